The molecule has 92 valence electrons. The molecule has 0 amide bonds. The summed E-state index contributed by atoms with van der Waals surface area (Å²) >= 11 is 0. The second-order valence-corrected chi connectivity index (χ2v) is 4.32. The van der Waals surface area contributed by atoms with E-state index in [1.54, 1.807) is 0 Å². The van der Waals surface area contributed by atoms with Crippen LogP contribution in [0.1, 0.15) is 13.8 Å². The highest BCUT2D eigenvalue weighted by atomic mass is 15.1. The van der Waals surface area contributed by atoms with E-state index < -0.39 is 0 Å². The zero-order chi connectivity index (χ0) is 12.3. The van der Waals surface area contributed by atoms with Crippen molar-refractivity contribution in [2.24, 2.45) is 0 Å². The Morgan fingerprint density at radius 1 is 1.18 bits per heavy atom. The van der Waals surface area contributed by atoms with Gasteiger partial charge in [-0.05, 0) is 25.2 Å². The van der Waals surface area contributed by atoms with Gasteiger partial charge in [-0.1, -0.05) is 26.0 Å². The summed E-state index contributed by atoms with van der Waals surface area (Å²) in [5, 5.41) is 1.23. The van der Waals surface area contributed by atoms with Crippen molar-refractivity contribution < 1.29 is 0 Å². The molecule has 0 radical (unpaired) electrons. The molecule has 2 N–H and O–H groups in total. The number of likely N-dealkylation sites (N-methyl/N-ethyl adjacent to an activating group) is 1. The van der Waals surface area contributed by atoms with Gasteiger partial charge in [0.1, 0.15) is 0 Å². The van der Waals surface area contributed by atoms with Gasteiger partial charge in [0.15, 0.2) is 0 Å². The quantitative estimate of drug-likeness (QED) is 0.802. The lowest BCUT2D eigenvalue weighted by molar-refractivity contribution is 0.292. The van der Waals surface area contributed by atoms with E-state index in [4.69, 9.17) is 5.73 Å². The lowest BCUT2D eigenvalue weighted by Gasteiger charge is -2.18. The minimum atomic E-state index is 0.868. The molecule has 2 aromatic rings. The van der Waals surface area contributed by atoms with Crippen LogP contribution in [0.15, 0.2) is 30.5 Å². The number of rotatable bonds is 5. The third-order valence-electron chi connectivity index (χ3n) is 3.37. The molecule has 0 aliphatic rings. The Balaban J connectivity index is 2.19. The summed E-state index contributed by atoms with van der Waals surface area (Å²) in [6, 6.07) is 8.22. The molecule has 1 heterocycles. The zero-order valence-electron chi connectivity index (χ0n) is 10.7. The predicted molar refractivity (Wildman–Crippen MR) is 74.1 cm³/mol. The predicted octanol–water partition coefficient (Wildman–Crippen LogP) is 2.57. The third kappa shape index (κ3) is 2.44. The average molecular weight is 231 g/mol. The SMILES string of the molecule is CCN(CC)CCn1ccc2cccc(N)c21. The summed E-state index contributed by atoms with van der Waals surface area (Å²) in [5.74, 6) is 0. The lowest BCUT2D eigenvalue weighted by atomic mass is 10.2. The maximum Gasteiger partial charge on any atom is 0.0714 e. The molecular weight excluding hydrogens is 210 g/mol. The standard InChI is InChI=1S/C14H21N3/c1-3-16(4-2)10-11-17-9-8-12-6-5-7-13(15)14(12)17/h5-9H,3-4,10-11,15H2,1-2H3. The van der Waals surface area contributed by atoms with Crippen LogP contribution < -0.4 is 5.73 Å². The molecular formula is C14H21N3. The largest absolute Gasteiger partial charge is 0.397 e. The Morgan fingerprint density at radius 3 is 2.65 bits per heavy atom. The van der Waals surface area contributed by atoms with Gasteiger partial charge in [-0.25, -0.2) is 0 Å². The molecule has 1 aromatic carbocycles. The second-order valence-electron chi connectivity index (χ2n) is 4.32. The van der Waals surface area contributed by atoms with Gasteiger partial charge in [-0.15, -0.1) is 0 Å². The van der Waals surface area contributed by atoms with Crippen LogP contribution in [0.2, 0.25) is 0 Å². The second kappa shape index (κ2) is 5.23. The van der Waals surface area contributed by atoms with Crippen LogP contribution in [-0.2, 0) is 6.54 Å². The Labute approximate surface area is 103 Å². The number of fused-ring (bicyclic) bond motifs is 1. The Kier molecular flexibility index (Phi) is 3.69. The summed E-state index contributed by atoms with van der Waals surface area (Å²) < 4.78 is 2.25. The van der Waals surface area contributed by atoms with Crippen LogP contribution in [-0.4, -0.2) is 29.1 Å². The van der Waals surface area contributed by atoms with E-state index in [0.29, 0.717) is 0 Å². The zero-order valence-corrected chi connectivity index (χ0v) is 10.7. The highest BCUT2D eigenvalue weighted by molar-refractivity contribution is 5.90. The van der Waals surface area contributed by atoms with Gasteiger partial charge in [-0.3, -0.25) is 0 Å². The summed E-state index contributed by atoms with van der Waals surface area (Å²) in [5.41, 5.74) is 8.07. The number of hydrogen-bond donors (Lipinski definition) is 1. The van der Waals surface area contributed by atoms with E-state index in [9.17, 15) is 0 Å². The molecule has 0 saturated heterocycles. The van der Waals surface area contributed by atoms with Crippen molar-refractivity contribution in [3.8, 4) is 0 Å². The summed E-state index contributed by atoms with van der Waals surface area (Å²) in [4.78, 5) is 2.42. The molecule has 3 nitrogen and oxygen atoms in total. The summed E-state index contributed by atoms with van der Waals surface area (Å²) in [7, 11) is 0. The van der Waals surface area contributed by atoms with E-state index in [0.717, 1.165) is 31.9 Å². The highest BCUT2D eigenvalue weighted by Gasteiger charge is 2.05. The monoisotopic (exact) mass is 231 g/mol. The third-order valence-corrected chi connectivity index (χ3v) is 3.37. The van der Waals surface area contributed by atoms with Crippen LogP contribution in [0, 0.1) is 0 Å². The van der Waals surface area contributed by atoms with Crippen molar-refractivity contribution in [3.63, 3.8) is 0 Å². The molecule has 0 spiro atoms. The van der Waals surface area contributed by atoms with Gasteiger partial charge in [0.25, 0.3) is 0 Å². The maximum atomic E-state index is 6.04. The minimum absolute atomic E-state index is 0.868. The fraction of sp³-hybridized carbons (Fsp3) is 0.429. The maximum absolute atomic E-state index is 6.04. The van der Waals surface area contributed by atoms with Crippen molar-refractivity contribution in [1.29, 1.82) is 0 Å². The molecule has 0 fully saturated rings. The first-order valence-corrected chi connectivity index (χ1v) is 6.32. The van der Waals surface area contributed by atoms with Gasteiger partial charge in [0.2, 0.25) is 0 Å². The first-order chi connectivity index (χ1) is 8.26. The number of benzene rings is 1. The molecule has 3 heteroatoms. The molecule has 0 aliphatic carbocycles. The highest BCUT2D eigenvalue weighted by Crippen LogP contribution is 2.21. The Morgan fingerprint density at radius 2 is 1.94 bits per heavy atom. The number of anilines is 1. The number of nitrogen functional groups attached to an aromatic ring is 1. The van der Waals surface area contributed by atoms with E-state index in [2.05, 4.69) is 41.6 Å². The van der Waals surface area contributed by atoms with Crippen LogP contribution in [0.3, 0.4) is 0 Å². The molecule has 17 heavy (non-hydrogen) atoms. The molecule has 0 saturated carbocycles. The number of hydrogen-bond acceptors (Lipinski definition) is 2. The molecule has 0 bridgehead atoms. The normalized spacial score (nSPS) is 11.5. The number of aromatic nitrogens is 1. The minimum Gasteiger partial charge on any atom is -0.397 e. The van der Waals surface area contributed by atoms with Crippen molar-refractivity contribution in [3.05, 3.63) is 30.5 Å². The smallest absolute Gasteiger partial charge is 0.0714 e. The first kappa shape index (κ1) is 12.0. The summed E-state index contributed by atoms with van der Waals surface area (Å²) in [6.07, 6.45) is 2.13. The van der Waals surface area contributed by atoms with E-state index in [1.807, 2.05) is 12.1 Å². The van der Waals surface area contributed by atoms with Gasteiger partial charge in [0.05, 0.1) is 11.2 Å². The fourth-order valence-electron chi connectivity index (χ4n) is 2.27. The molecule has 0 atom stereocenters. The van der Waals surface area contributed by atoms with E-state index >= 15 is 0 Å². The van der Waals surface area contributed by atoms with E-state index in [1.165, 1.54) is 10.9 Å². The number of nitrogens with two attached hydrogens (primary N) is 1. The van der Waals surface area contributed by atoms with Crippen molar-refractivity contribution in [2.45, 2.75) is 20.4 Å². The number of nitrogens with zero attached hydrogens (tertiary/aromatic N) is 2. The molecule has 0 unspecified atom stereocenters. The van der Waals surface area contributed by atoms with Crippen LogP contribution in [0.25, 0.3) is 10.9 Å². The summed E-state index contributed by atoms with van der Waals surface area (Å²) in [6.45, 7) is 8.68. The molecule has 1 aromatic heterocycles. The van der Waals surface area contributed by atoms with Crippen molar-refractivity contribution in [2.75, 3.05) is 25.4 Å². The molecule has 0 aliphatic heterocycles. The van der Waals surface area contributed by atoms with Gasteiger partial charge < -0.3 is 15.2 Å². The number of para-hydroxylation sites is 1. The Bertz CT molecular complexity index is 483. The molecule has 2 rings (SSSR count). The Hall–Kier alpha value is -1.48. The van der Waals surface area contributed by atoms with Gasteiger partial charge in [-0.2, -0.15) is 0 Å². The van der Waals surface area contributed by atoms with Crippen LogP contribution >= 0.6 is 0 Å². The van der Waals surface area contributed by atoms with Gasteiger partial charge >= 0.3 is 0 Å². The van der Waals surface area contributed by atoms with Crippen LogP contribution in [0.4, 0.5) is 5.69 Å². The van der Waals surface area contributed by atoms with Crippen molar-refractivity contribution >= 4 is 16.6 Å². The van der Waals surface area contributed by atoms with Crippen molar-refractivity contribution in [1.82, 2.24) is 9.47 Å². The first-order valence-electron chi connectivity index (χ1n) is 6.32. The van der Waals surface area contributed by atoms with E-state index in [-0.39, 0.29) is 0 Å². The lowest BCUT2D eigenvalue weighted by Crippen LogP contribution is -2.26. The van der Waals surface area contributed by atoms with Gasteiger partial charge in [0, 0.05) is 24.7 Å². The van der Waals surface area contributed by atoms with Crippen LogP contribution in [0.5, 0.6) is 0 Å². The fourth-order valence-corrected chi connectivity index (χ4v) is 2.27. The average Bonchev–Trinajstić information content (AvgIpc) is 2.75. The topological polar surface area (TPSA) is 34.2 Å².